The molecule has 0 radical (unpaired) electrons. The molecule has 0 saturated heterocycles. The van der Waals surface area contributed by atoms with E-state index < -0.39 is 0 Å². The van der Waals surface area contributed by atoms with E-state index in [1.165, 1.54) is 11.1 Å². The van der Waals surface area contributed by atoms with Gasteiger partial charge in [0.15, 0.2) is 0 Å². The Bertz CT molecular complexity index is 679. The van der Waals surface area contributed by atoms with Gasteiger partial charge in [0.25, 0.3) is 5.91 Å². The van der Waals surface area contributed by atoms with Crippen molar-refractivity contribution in [3.63, 3.8) is 0 Å². The smallest absolute Gasteiger partial charge is 0.254 e. The Hall–Kier alpha value is -2.06. The second-order valence-corrected chi connectivity index (χ2v) is 5.54. The summed E-state index contributed by atoms with van der Waals surface area (Å²) in [5.74, 6) is 0.0425. The van der Waals surface area contributed by atoms with Crippen LogP contribution < -0.4 is 0 Å². The van der Waals surface area contributed by atoms with Gasteiger partial charge in [-0.15, -0.1) is 0 Å². The van der Waals surface area contributed by atoms with Crippen LogP contribution in [0.5, 0.6) is 0 Å². The van der Waals surface area contributed by atoms with Gasteiger partial charge in [-0.3, -0.25) is 4.79 Å². The number of halogens is 1. The molecule has 0 atom stereocenters. The molecule has 0 N–H and O–H groups in total. The predicted molar refractivity (Wildman–Crippen MR) is 86.4 cm³/mol. The van der Waals surface area contributed by atoms with Crippen molar-refractivity contribution < 1.29 is 4.79 Å². The highest BCUT2D eigenvalue weighted by Gasteiger charge is 2.19. The molecule has 2 nitrogen and oxygen atoms in total. The normalized spacial score (nSPS) is 14.7. The third-order valence-corrected chi connectivity index (χ3v) is 3.95. The molecular weight excluding hydrogens is 282 g/mol. The van der Waals surface area contributed by atoms with Crippen LogP contribution in [0, 0.1) is 0 Å². The zero-order valence-electron chi connectivity index (χ0n) is 11.6. The lowest BCUT2D eigenvalue weighted by Gasteiger charge is -2.26. The van der Waals surface area contributed by atoms with Crippen molar-refractivity contribution in [3.8, 4) is 0 Å². The second-order valence-electron chi connectivity index (χ2n) is 5.11. The number of hydrogen-bond donors (Lipinski definition) is 0. The van der Waals surface area contributed by atoms with Gasteiger partial charge in [0.1, 0.15) is 0 Å². The molecule has 3 heteroatoms. The quantitative estimate of drug-likeness (QED) is 0.810. The van der Waals surface area contributed by atoms with Crippen LogP contribution >= 0.6 is 11.6 Å². The third kappa shape index (κ3) is 3.17. The molecule has 106 valence electrons. The molecule has 2 aromatic carbocycles. The number of carbonyl (C=O) groups is 1. The Balaban J connectivity index is 1.73. The summed E-state index contributed by atoms with van der Waals surface area (Å²) in [6.07, 6.45) is 3.03. The maximum absolute atomic E-state index is 12.4. The van der Waals surface area contributed by atoms with Crippen LogP contribution in [0.25, 0.3) is 5.57 Å². The first-order valence-electron chi connectivity index (χ1n) is 7.03. The van der Waals surface area contributed by atoms with Crippen LogP contribution in [0.4, 0.5) is 0 Å². The molecular formula is C18H16ClNO. The number of amides is 1. The molecule has 0 saturated carbocycles. The first kappa shape index (κ1) is 13.9. The van der Waals surface area contributed by atoms with Crippen molar-refractivity contribution >= 4 is 23.1 Å². The third-order valence-electron chi connectivity index (χ3n) is 3.71. The SMILES string of the molecule is O=C(c1cccc(Cl)c1)N1CC=C(c2ccccc2)CC1. The fraction of sp³-hybridized carbons (Fsp3) is 0.167. The van der Waals surface area contributed by atoms with Crippen LogP contribution in [0.2, 0.25) is 5.02 Å². The summed E-state index contributed by atoms with van der Waals surface area (Å²) in [6, 6.07) is 17.4. The minimum absolute atomic E-state index is 0.0425. The summed E-state index contributed by atoms with van der Waals surface area (Å²) < 4.78 is 0. The summed E-state index contributed by atoms with van der Waals surface area (Å²) in [6.45, 7) is 1.39. The summed E-state index contributed by atoms with van der Waals surface area (Å²) in [5.41, 5.74) is 3.21. The van der Waals surface area contributed by atoms with E-state index in [9.17, 15) is 4.79 Å². The second kappa shape index (κ2) is 6.15. The fourth-order valence-corrected chi connectivity index (χ4v) is 2.76. The van der Waals surface area contributed by atoms with E-state index in [2.05, 4.69) is 18.2 Å². The minimum atomic E-state index is 0.0425. The van der Waals surface area contributed by atoms with Crippen LogP contribution in [0.1, 0.15) is 22.3 Å². The monoisotopic (exact) mass is 297 g/mol. The fourth-order valence-electron chi connectivity index (χ4n) is 2.57. The summed E-state index contributed by atoms with van der Waals surface area (Å²) in [5, 5.41) is 0.596. The molecule has 1 heterocycles. The highest BCUT2D eigenvalue weighted by molar-refractivity contribution is 6.30. The van der Waals surface area contributed by atoms with E-state index in [-0.39, 0.29) is 5.91 Å². The molecule has 21 heavy (non-hydrogen) atoms. The van der Waals surface area contributed by atoms with Gasteiger partial charge in [-0.05, 0) is 35.8 Å². The predicted octanol–water partition coefficient (Wildman–Crippen LogP) is 4.27. The average Bonchev–Trinajstić information content (AvgIpc) is 2.55. The number of nitrogens with zero attached hydrogens (tertiary/aromatic N) is 1. The lowest BCUT2D eigenvalue weighted by molar-refractivity contribution is 0.0773. The molecule has 1 amide bonds. The van der Waals surface area contributed by atoms with Gasteiger partial charge in [-0.2, -0.15) is 0 Å². The molecule has 0 aliphatic carbocycles. The van der Waals surface area contributed by atoms with Gasteiger partial charge in [0.05, 0.1) is 0 Å². The van der Waals surface area contributed by atoms with Gasteiger partial charge < -0.3 is 4.90 Å². The maximum atomic E-state index is 12.4. The Labute approximate surface area is 129 Å². The van der Waals surface area contributed by atoms with Crippen molar-refractivity contribution in [1.29, 1.82) is 0 Å². The summed E-state index contributed by atoms with van der Waals surface area (Å²) in [4.78, 5) is 14.3. The zero-order valence-corrected chi connectivity index (χ0v) is 12.4. The van der Waals surface area contributed by atoms with Crippen molar-refractivity contribution in [2.24, 2.45) is 0 Å². The number of carbonyl (C=O) groups excluding carboxylic acids is 1. The van der Waals surface area contributed by atoms with Gasteiger partial charge in [0, 0.05) is 23.7 Å². The lowest BCUT2D eigenvalue weighted by atomic mass is 9.99. The summed E-state index contributed by atoms with van der Waals surface area (Å²) >= 11 is 5.95. The Morgan fingerprint density at radius 2 is 1.86 bits per heavy atom. The summed E-state index contributed by atoms with van der Waals surface area (Å²) in [7, 11) is 0. The number of rotatable bonds is 2. The standard InChI is InChI=1S/C18H16ClNO/c19-17-8-4-7-16(13-17)18(21)20-11-9-15(10-12-20)14-5-2-1-3-6-14/h1-9,13H,10-12H2. The highest BCUT2D eigenvalue weighted by Crippen LogP contribution is 2.23. The van der Waals surface area contributed by atoms with Gasteiger partial charge in [-0.25, -0.2) is 0 Å². The minimum Gasteiger partial charge on any atom is -0.335 e. The molecule has 0 unspecified atom stereocenters. The Morgan fingerprint density at radius 3 is 2.52 bits per heavy atom. The molecule has 0 fully saturated rings. The topological polar surface area (TPSA) is 20.3 Å². The molecule has 0 spiro atoms. The number of hydrogen-bond acceptors (Lipinski definition) is 1. The molecule has 1 aliphatic rings. The van der Waals surface area contributed by atoms with Crippen LogP contribution in [-0.4, -0.2) is 23.9 Å². The first-order chi connectivity index (χ1) is 10.2. The van der Waals surface area contributed by atoms with Crippen molar-refractivity contribution in [1.82, 2.24) is 4.90 Å². The van der Waals surface area contributed by atoms with Crippen LogP contribution in [0.3, 0.4) is 0 Å². The van der Waals surface area contributed by atoms with E-state index >= 15 is 0 Å². The van der Waals surface area contributed by atoms with Gasteiger partial charge >= 0.3 is 0 Å². The van der Waals surface area contributed by atoms with Crippen molar-refractivity contribution in [2.45, 2.75) is 6.42 Å². The van der Waals surface area contributed by atoms with Crippen molar-refractivity contribution in [2.75, 3.05) is 13.1 Å². The van der Waals surface area contributed by atoms with Crippen LogP contribution in [0.15, 0.2) is 60.7 Å². The van der Waals surface area contributed by atoms with Gasteiger partial charge in [0.2, 0.25) is 0 Å². The van der Waals surface area contributed by atoms with Crippen LogP contribution in [-0.2, 0) is 0 Å². The molecule has 2 aromatic rings. The Kier molecular flexibility index (Phi) is 4.07. The van der Waals surface area contributed by atoms with E-state index in [0.717, 1.165) is 13.0 Å². The van der Waals surface area contributed by atoms with Gasteiger partial charge in [-0.1, -0.05) is 54.1 Å². The lowest BCUT2D eigenvalue weighted by Crippen LogP contribution is -2.34. The molecule has 3 rings (SSSR count). The molecule has 0 aromatic heterocycles. The van der Waals surface area contributed by atoms with E-state index in [1.54, 1.807) is 12.1 Å². The van der Waals surface area contributed by atoms with E-state index in [0.29, 0.717) is 17.1 Å². The van der Waals surface area contributed by atoms with Crippen molar-refractivity contribution in [3.05, 3.63) is 76.8 Å². The van der Waals surface area contributed by atoms with E-state index in [4.69, 9.17) is 11.6 Å². The largest absolute Gasteiger partial charge is 0.335 e. The zero-order chi connectivity index (χ0) is 14.7. The Morgan fingerprint density at radius 1 is 1.05 bits per heavy atom. The maximum Gasteiger partial charge on any atom is 0.254 e. The molecule has 1 aliphatic heterocycles. The number of benzene rings is 2. The highest BCUT2D eigenvalue weighted by atomic mass is 35.5. The first-order valence-corrected chi connectivity index (χ1v) is 7.41. The van der Waals surface area contributed by atoms with E-state index in [1.807, 2.05) is 35.2 Å². The molecule has 0 bridgehead atoms. The average molecular weight is 298 g/mol.